The second-order valence-corrected chi connectivity index (χ2v) is 8.51. The predicted octanol–water partition coefficient (Wildman–Crippen LogP) is 8.94. The van der Waals surface area contributed by atoms with Crippen LogP contribution in [0.15, 0.2) is 48.5 Å². The molecule has 0 bridgehead atoms. The highest BCUT2D eigenvalue weighted by Crippen LogP contribution is 2.36. The number of alkyl halides is 6. The van der Waals surface area contributed by atoms with Gasteiger partial charge in [-0.2, -0.15) is 26.3 Å². The molecule has 0 saturated heterocycles. The average molecular weight is 547 g/mol. The second kappa shape index (κ2) is 15.4. The first-order valence-corrected chi connectivity index (χ1v) is 12.8. The summed E-state index contributed by atoms with van der Waals surface area (Å²) in [6.45, 7) is 8.00. The van der Waals surface area contributed by atoms with Gasteiger partial charge in [0.15, 0.2) is 0 Å². The van der Waals surface area contributed by atoms with Crippen LogP contribution in [0.5, 0.6) is 0 Å². The van der Waals surface area contributed by atoms with Crippen molar-refractivity contribution in [2.24, 2.45) is 11.8 Å². The van der Waals surface area contributed by atoms with Gasteiger partial charge in [0.1, 0.15) is 0 Å². The van der Waals surface area contributed by atoms with E-state index in [1.165, 1.54) is 30.3 Å². The number of amides is 2. The summed E-state index contributed by atoms with van der Waals surface area (Å²) in [7, 11) is 0. The lowest BCUT2D eigenvalue weighted by Crippen LogP contribution is -2.16. The molecule has 2 aliphatic carbocycles. The summed E-state index contributed by atoms with van der Waals surface area (Å²) in [6, 6.07) is 9.69. The Morgan fingerprint density at radius 2 is 1.21 bits per heavy atom. The number of carbonyl (C=O) groups is 2. The molecular formula is C28H36F6N2O2. The van der Waals surface area contributed by atoms with Crippen LogP contribution in [0, 0.1) is 11.8 Å². The maximum Gasteiger partial charge on any atom is 0.418 e. The van der Waals surface area contributed by atoms with Crippen molar-refractivity contribution in [2.45, 2.75) is 78.6 Å². The SMILES string of the molecule is CC.CC.O=C(CC1CC1)Nc1cccc(C(F)(F)F)c1.O=C(CC1CC1)Nc1ccccc1C(F)(F)F. The van der Waals surface area contributed by atoms with Crippen LogP contribution in [0.3, 0.4) is 0 Å². The molecule has 2 fully saturated rings. The highest BCUT2D eigenvalue weighted by Gasteiger charge is 2.34. The molecule has 0 aliphatic heterocycles. The molecule has 0 heterocycles. The van der Waals surface area contributed by atoms with Crippen LogP contribution in [-0.2, 0) is 21.9 Å². The Kier molecular flexibility index (Phi) is 13.4. The highest BCUT2D eigenvalue weighted by atomic mass is 19.4. The Balaban J connectivity index is 0.000000336. The summed E-state index contributed by atoms with van der Waals surface area (Å²) >= 11 is 0. The van der Waals surface area contributed by atoms with Gasteiger partial charge in [-0.05, 0) is 67.9 Å². The molecule has 4 rings (SSSR count). The highest BCUT2D eigenvalue weighted by molar-refractivity contribution is 5.92. The van der Waals surface area contributed by atoms with Gasteiger partial charge in [-0.25, -0.2) is 0 Å². The van der Waals surface area contributed by atoms with E-state index in [2.05, 4.69) is 10.6 Å². The van der Waals surface area contributed by atoms with Crippen molar-refractivity contribution < 1.29 is 35.9 Å². The lowest BCUT2D eigenvalue weighted by molar-refractivity contribution is -0.138. The van der Waals surface area contributed by atoms with Crippen molar-refractivity contribution in [3.63, 3.8) is 0 Å². The number of halogens is 6. The molecule has 0 aromatic heterocycles. The molecule has 0 atom stereocenters. The van der Waals surface area contributed by atoms with Crippen molar-refractivity contribution in [1.29, 1.82) is 0 Å². The largest absolute Gasteiger partial charge is 0.418 e. The van der Waals surface area contributed by atoms with Gasteiger partial charge in [-0.1, -0.05) is 45.9 Å². The number of hydrogen-bond donors (Lipinski definition) is 2. The van der Waals surface area contributed by atoms with Crippen LogP contribution < -0.4 is 10.6 Å². The predicted molar refractivity (Wildman–Crippen MR) is 138 cm³/mol. The minimum atomic E-state index is -4.44. The summed E-state index contributed by atoms with van der Waals surface area (Å²) in [5.41, 5.74) is -1.51. The standard InChI is InChI=1S/2C12H12F3NO.2C2H6/c13-12(14,15)9-2-1-3-10(7-9)16-11(17)6-8-4-5-8;13-12(14,15)9-3-1-2-4-10(9)16-11(17)7-8-5-6-8;2*1-2/h1-3,7-8H,4-6H2,(H,16,17);1-4,8H,5-7H2,(H,16,17);2*1-2H3. The van der Waals surface area contributed by atoms with E-state index in [-0.39, 0.29) is 23.2 Å². The summed E-state index contributed by atoms with van der Waals surface area (Å²) in [5.74, 6) is 0.213. The van der Waals surface area contributed by atoms with Crippen LogP contribution in [0.2, 0.25) is 0 Å². The fourth-order valence-electron chi connectivity index (χ4n) is 3.19. The van der Waals surface area contributed by atoms with E-state index in [1.54, 1.807) is 0 Å². The maximum absolute atomic E-state index is 12.6. The third kappa shape index (κ3) is 12.5. The summed E-state index contributed by atoms with van der Waals surface area (Å²) in [6.07, 6.45) is -4.04. The lowest BCUT2D eigenvalue weighted by atomic mass is 10.1. The van der Waals surface area contributed by atoms with Crippen molar-refractivity contribution in [2.75, 3.05) is 10.6 Å². The second-order valence-electron chi connectivity index (χ2n) is 8.51. The molecule has 2 aliphatic rings. The van der Waals surface area contributed by atoms with Crippen molar-refractivity contribution in [3.8, 4) is 0 Å². The molecular weight excluding hydrogens is 510 g/mol. The van der Waals surface area contributed by atoms with Gasteiger partial charge in [0.25, 0.3) is 0 Å². The van der Waals surface area contributed by atoms with Gasteiger partial charge >= 0.3 is 12.4 Å². The molecule has 0 radical (unpaired) electrons. The van der Waals surface area contributed by atoms with E-state index >= 15 is 0 Å². The van der Waals surface area contributed by atoms with Crippen molar-refractivity contribution >= 4 is 23.2 Å². The number of para-hydroxylation sites is 1. The molecule has 4 nitrogen and oxygen atoms in total. The number of rotatable bonds is 6. The van der Waals surface area contributed by atoms with E-state index < -0.39 is 23.5 Å². The van der Waals surface area contributed by atoms with Gasteiger partial charge in [0.2, 0.25) is 11.8 Å². The Bertz CT molecular complexity index is 1010. The first-order valence-electron chi connectivity index (χ1n) is 12.8. The first kappa shape index (κ1) is 33.0. The minimum Gasteiger partial charge on any atom is -0.326 e. The average Bonchev–Trinajstić information content (AvgIpc) is 3.79. The normalized spacial score (nSPS) is 14.4. The van der Waals surface area contributed by atoms with Crippen LogP contribution in [0.1, 0.15) is 77.3 Å². The zero-order valence-electron chi connectivity index (χ0n) is 22.1. The van der Waals surface area contributed by atoms with Crippen LogP contribution in [0.4, 0.5) is 37.7 Å². The zero-order valence-corrected chi connectivity index (χ0v) is 22.1. The van der Waals surface area contributed by atoms with Gasteiger partial charge in [-0.3, -0.25) is 9.59 Å². The first-order chi connectivity index (χ1) is 17.9. The smallest absolute Gasteiger partial charge is 0.326 e. The fraction of sp³-hybridized carbons (Fsp3) is 0.500. The Morgan fingerprint density at radius 1 is 0.711 bits per heavy atom. The summed E-state index contributed by atoms with van der Waals surface area (Å²) in [5, 5.41) is 4.82. The van der Waals surface area contributed by atoms with Gasteiger partial charge in [0, 0.05) is 18.5 Å². The molecule has 10 heteroatoms. The van der Waals surface area contributed by atoms with E-state index in [1.807, 2.05) is 27.7 Å². The third-order valence-electron chi connectivity index (χ3n) is 5.32. The fourth-order valence-corrected chi connectivity index (χ4v) is 3.19. The molecule has 0 unspecified atom stereocenters. The molecule has 2 saturated carbocycles. The Hall–Kier alpha value is -3.04. The molecule has 2 aromatic carbocycles. The van der Waals surface area contributed by atoms with Crippen LogP contribution >= 0.6 is 0 Å². The van der Waals surface area contributed by atoms with Crippen molar-refractivity contribution in [1.82, 2.24) is 0 Å². The van der Waals surface area contributed by atoms with Gasteiger partial charge < -0.3 is 10.6 Å². The van der Waals surface area contributed by atoms with E-state index in [0.717, 1.165) is 43.9 Å². The van der Waals surface area contributed by atoms with Crippen LogP contribution in [0.25, 0.3) is 0 Å². The minimum absolute atomic E-state index is 0.161. The Labute approximate surface area is 220 Å². The number of nitrogens with one attached hydrogen (secondary N) is 2. The number of anilines is 2. The molecule has 0 spiro atoms. The van der Waals surface area contributed by atoms with Crippen molar-refractivity contribution in [3.05, 3.63) is 59.7 Å². The quantitative estimate of drug-likeness (QED) is 0.355. The molecule has 38 heavy (non-hydrogen) atoms. The summed E-state index contributed by atoms with van der Waals surface area (Å²) in [4.78, 5) is 22.9. The number of carbonyl (C=O) groups excluding carboxylic acids is 2. The maximum atomic E-state index is 12.6. The summed E-state index contributed by atoms with van der Waals surface area (Å²) < 4.78 is 75.1. The van der Waals surface area contributed by atoms with E-state index in [9.17, 15) is 35.9 Å². The topological polar surface area (TPSA) is 58.2 Å². The van der Waals surface area contributed by atoms with Gasteiger partial charge in [-0.15, -0.1) is 0 Å². The third-order valence-corrected chi connectivity index (χ3v) is 5.32. The van der Waals surface area contributed by atoms with Gasteiger partial charge in [0.05, 0.1) is 16.8 Å². The molecule has 212 valence electrons. The Morgan fingerprint density at radius 3 is 1.68 bits per heavy atom. The van der Waals surface area contributed by atoms with E-state index in [0.29, 0.717) is 24.7 Å². The number of hydrogen-bond acceptors (Lipinski definition) is 2. The number of benzene rings is 2. The zero-order chi connectivity index (χ0) is 28.9. The molecule has 2 aromatic rings. The van der Waals surface area contributed by atoms with Crippen LogP contribution in [-0.4, -0.2) is 11.8 Å². The lowest BCUT2D eigenvalue weighted by Gasteiger charge is -2.13. The van der Waals surface area contributed by atoms with E-state index in [4.69, 9.17) is 0 Å². The molecule has 2 amide bonds. The monoisotopic (exact) mass is 546 g/mol. The molecule has 2 N–H and O–H groups in total.